The second-order valence-corrected chi connectivity index (χ2v) is 8.92. The summed E-state index contributed by atoms with van der Waals surface area (Å²) in [7, 11) is 1.70. The molecule has 0 spiro atoms. The quantitative estimate of drug-likeness (QED) is 0.554. The summed E-state index contributed by atoms with van der Waals surface area (Å²) in [5.41, 5.74) is 2.66. The third-order valence-corrected chi connectivity index (χ3v) is 7.08. The van der Waals surface area contributed by atoms with Crippen molar-refractivity contribution in [1.82, 2.24) is 14.5 Å². The van der Waals surface area contributed by atoms with Gasteiger partial charge in [0, 0.05) is 56.0 Å². The number of piperazine rings is 1. The fraction of sp³-hybridized carbons (Fsp3) is 0.423. The molecule has 1 fully saturated rings. The molecule has 34 heavy (non-hydrogen) atoms. The van der Waals surface area contributed by atoms with Gasteiger partial charge in [0.05, 0.1) is 11.2 Å². The lowest BCUT2D eigenvalue weighted by Gasteiger charge is -2.49. The maximum absolute atomic E-state index is 14.6. The monoisotopic (exact) mass is 465 g/mol. The lowest BCUT2D eigenvalue weighted by Crippen LogP contribution is -2.59. The van der Waals surface area contributed by atoms with Gasteiger partial charge in [-0.15, -0.1) is 0 Å². The molecule has 1 aromatic carbocycles. The van der Waals surface area contributed by atoms with Gasteiger partial charge in [-0.1, -0.05) is 19.9 Å². The van der Waals surface area contributed by atoms with Gasteiger partial charge in [0.15, 0.2) is 0 Å². The van der Waals surface area contributed by atoms with E-state index in [2.05, 4.69) is 34.7 Å². The van der Waals surface area contributed by atoms with Gasteiger partial charge in [0.2, 0.25) is 0 Å². The summed E-state index contributed by atoms with van der Waals surface area (Å²) in [6.07, 6.45) is 1.62. The molecule has 1 aliphatic heterocycles. The van der Waals surface area contributed by atoms with Gasteiger partial charge in [-0.05, 0) is 38.0 Å². The van der Waals surface area contributed by atoms with E-state index >= 15 is 0 Å². The number of nitriles is 1. The zero-order valence-corrected chi connectivity index (χ0v) is 19.9. The van der Waals surface area contributed by atoms with Crippen molar-refractivity contribution in [2.75, 3.05) is 18.0 Å². The van der Waals surface area contributed by atoms with Gasteiger partial charge < -0.3 is 9.47 Å². The van der Waals surface area contributed by atoms with Crippen LogP contribution in [0.4, 0.5) is 14.5 Å². The number of anilines is 1. The number of hydrogen-bond acceptors (Lipinski definition) is 5. The van der Waals surface area contributed by atoms with Crippen molar-refractivity contribution < 1.29 is 8.78 Å². The SMILES string of the molecule is CCC1CN(c2cc(=O)n(C)c3ccc(C#N)nc23)[C@@H](CC)CN1C(C)c1ccc(F)cc1F. The molecule has 0 aliphatic carbocycles. The lowest BCUT2D eigenvalue weighted by atomic mass is 9.96. The summed E-state index contributed by atoms with van der Waals surface area (Å²) in [5.74, 6) is -1.12. The maximum Gasteiger partial charge on any atom is 0.252 e. The molecule has 1 aliphatic rings. The van der Waals surface area contributed by atoms with Crippen LogP contribution in [0.3, 0.4) is 0 Å². The number of fused-ring (bicyclic) bond motifs is 1. The van der Waals surface area contributed by atoms with Gasteiger partial charge in [0.25, 0.3) is 5.56 Å². The number of benzene rings is 1. The highest BCUT2D eigenvalue weighted by Gasteiger charge is 2.36. The Labute approximate surface area is 198 Å². The van der Waals surface area contributed by atoms with E-state index in [4.69, 9.17) is 0 Å². The number of nitrogens with zero attached hydrogens (tertiary/aromatic N) is 5. The van der Waals surface area contributed by atoms with Crippen LogP contribution in [-0.4, -0.2) is 39.6 Å². The molecule has 0 bridgehead atoms. The molecular weight excluding hydrogens is 436 g/mol. The van der Waals surface area contributed by atoms with Crippen molar-refractivity contribution in [3.05, 3.63) is 69.6 Å². The van der Waals surface area contributed by atoms with E-state index in [0.29, 0.717) is 35.4 Å². The lowest BCUT2D eigenvalue weighted by molar-refractivity contribution is 0.0993. The molecule has 0 saturated carbocycles. The van der Waals surface area contributed by atoms with Crippen LogP contribution in [0.15, 0.2) is 41.2 Å². The number of aryl methyl sites for hydroxylation is 1. The second kappa shape index (κ2) is 9.51. The van der Waals surface area contributed by atoms with Gasteiger partial charge >= 0.3 is 0 Å². The minimum atomic E-state index is -0.585. The molecule has 8 heteroatoms. The molecule has 2 aromatic heterocycles. The van der Waals surface area contributed by atoms with Gasteiger partial charge in [-0.25, -0.2) is 13.8 Å². The number of hydrogen-bond donors (Lipinski definition) is 0. The first-order chi connectivity index (χ1) is 16.3. The molecule has 4 rings (SSSR count). The number of aromatic nitrogens is 2. The average Bonchev–Trinajstić information content (AvgIpc) is 2.84. The van der Waals surface area contributed by atoms with E-state index < -0.39 is 11.6 Å². The molecule has 2 unspecified atom stereocenters. The number of pyridine rings is 2. The minimum absolute atomic E-state index is 0.0524. The topological polar surface area (TPSA) is 65.2 Å². The van der Waals surface area contributed by atoms with Crippen molar-refractivity contribution in [3.63, 3.8) is 0 Å². The standard InChI is InChI=1S/C26H29F2N5O/c1-5-19-15-33(24-12-25(34)31(4)23-10-8-18(13-29)30-26(23)24)20(6-2)14-32(19)16(3)21-9-7-17(27)11-22(21)28/h7-12,16,19-20H,5-6,14-15H2,1-4H3/t16?,19?,20-/m0/s1. The molecule has 0 amide bonds. The van der Waals surface area contributed by atoms with Gasteiger partial charge in [0.1, 0.15) is 28.9 Å². The summed E-state index contributed by atoms with van der Waals surface area (Å²) in [4.78, 5) is 21.8. The van der Waals surface area contributed by atoms with E-state index in [0.717, 1.165) is 24.6 Å². The van der Waals surface area contributed by atoms with Crippen LogP contribution in [0.25, 0.3) is 11.0 Å². The maximum atomic E-state index is 14.6. The van der Waals surface area contributed by atoms with Crippen LogP contribution in [0.2, 0.25) is 0 Å². The Balaban J connectivity index is 1.76. The predicted octanol–water partition coefficient (Wildman–Crippen LogP) is 4.52. The molecule has 0 N–H and O–H groups in total. The number of halogens is 2. The Hall–Kier alpha value is -3.31. The normalized spacial score (nSPS) is 19.9. The summed E-state index contributed by atoms with van der Waals surface area (Å²) >= 11 is 0. The van der Waals surface area contributed by atoms with E-state index in [1.807, 2.05) is 6.92 Å². The molecule has 1 saturated heterocycles. The van der Waals surface area contributed by atoms with Gasteiger partial charge in [-0.2, -0.15) is 5.26 Å². The Kier molecular flexibility index (Phi) is 6.67. The molecule has 6 nitrogen and oxygen atoms in total. The zero-order valence-electron chi connectivity index (χ0n) is 19.9. The molecule has 3 aromatic rings. The van der Waals surface area contributed by atoms with Crippen molar-refractivity contribution in [3.8, 4) is 6.07 Å². The van der Waals surface area contributed by atoms with Crippen LogP contribution in [0.5, 0.6) is 0 Å². The summed E-state index contributed by atoms with van der Waals surface area (Å²) in [6.45, 7) is 7.41. The van der Waals surface area contributed by atoms with E-state index in [-0.39, 0.29) is 23.7 Å². The van der Waals surface area contributed by atoms with E-state index in [1.54, 1.807) is 29.8 Å². The predicted molar refractivity (Wildman–Crippen MR) is 129 cm³/mol. The van der Waals surface area contributed by atoms with Crippen LogP contribution in [-0.2, 0) is 7.05 Å². The summed E-state index contributed by atoms with van der Waals surface area (Å²) in [5, 5.41) is 9.39. The smallest absolute Gasteiger partial charge is 0.252 e. The molecule has 3 heterocycles. The van der Waals surface area contributed by atoms with Crippen molar-refractivity contribution in [2.45, 2.75) is 51.7 Å². The third kappa shape index (κ3) is 4.16. The highest BCUT2D eigenvalue weighted by atomic mass is 19.1. The summed E-state index contributed by atoms with van der Waals surface area (Å²) < 4.78 is 29.6. The van der Waals surface area contributed by atoms with Crippen LogP contribution >= 0.6 is 0 Å². The van der Waals surface area contributed by atoms with E-state index in [1.165, 1.54) is 12.1 Å². The zero-order chi connectivity index (χ0) is 24.6. The van der Waals surface area contributed by atoms with Crippen molar-refractivity contribution >= 4 is 16.7 Å². The Bertz CT molecular complexity index is 1320. The number of rotatable bonds is 5. The Morgan fingerprint density at radius 1 is 1.12 bits per heavy atom. The van der Waals surface area contributed by atoms with Crippen LogP contribution < -0.4 is 10.5 Å². The molecule has 3 atom stereocenters. The van der Waals surface area contributed by atoms with Gasteiger partial charge in [-0.3, -0.25) is 9.69 Å². The second-order valence-electron chi connectivity index (χ2n) is 8.92. The Morgan fingerprint density at radius 2 is 1.85 bits per heavy atom. The Morgan fingerprint density at radius 3 is 2.50 bits per heavy atom. The first-order valence-electron chi connectivity index (χ1n) is 11.7. The fourth-order valence-corrected chi connectivity index (χ4v) is 5.07. The molecule has 0 radical (unpaired) electrons. The minimum Gasteiger partial charge on any atom is -0.364 e. The first-order valence-corrected chi connectivity index (χ1v) is 11.7. The largest absolute Gasteiger partial charge is 0.364 e. The van der Waals surface area contributed by atoms with E-state index in [9.17, 15) is 18.8 Å². The van der Waals surface area contributed by atoms with Crippen LogP contribution in [0, 0.1) is 23.0 Å². The molecule has 178 valence electrons. The molecular formula is C26H29F2N5O. The van der Waals surface area contributed by atoms with Crippen molar-refractivity contribution in [1.29, 1.82) is 5.26 Å². The first kappa shape index (κ1) is 23.8. The highest BCUT2D eigenvalue weighted by molar-refractivity contribution is 5.89. The van der Waals surface area contributed by atoms with Crippen molar-refractivity contribution in [2.24, 2.45) is 7.05 Å². The third-order valence-electron chi connectivity index (χ3n) is 7.08. The summed E-state index contributed by atoms with van der Waals surface area (Å²) in [6, 6.07) is 10.7. The average molecular weight is 466 g/mol. The fourth-order valence-electron chi connectivity index (χ4n) is 5.07. The highest BCUT2D eigenvalue weighted by Crippen LogP contribution is 2.35. The van der Waals surface area contributed by atoms with Crippen LogP contribution in [0.1, 0.15) is 50.9 Å².